The van der Waals surface area contributed by atoms with Gasteiger partial charge in [-0.25, -0.2) is 4.98 Å². The highest BCUT2D eigenvalue weighted by Gasteiger charge is 2.60. The van der Waals surface area contributed by atoms with Gasteiger partial charge in [-0.15, -0.1) is 0 Å². The molecule has 0 bridgehead atoms. The van der Waals surface area contributed by atoms with Crippen LogP contribution < -0.4 is 9.47 Å². The van der Waals surface area contributed by atoms with Crippen LogP contribution in [0.15, 0.2) is 132 Å². The number of hydrogen-bond acceptors (Lipinski definition) is 5. The number of benzene rings is 5. The molecule has 1 aliphatic heterocycles. The van der Waals surface area contributed by atoms with Gasteiger partial charge < -0.3 is 13.9 Å². The van der Waals surface area contributed by atoms with E-state index < -0.39 is 5.41 Å². The Hall–Kier alpha value is -5.68. The molecule has 0 amide bonds. The van der Waals surface area contributed by atoms with E-state index in [1.807, 2.05) is 72.9 Å². The van der Waals surface area contributed by atoms with Crippen LogP contribution in [0.5, 0.6) is 11.5 Å². The molecule has 5 aromatic carbocycles. The lowest BCUT2D eigenvalue weighted by atomic mass is 9.76. The zero-order valence-electron chi connectivity index (χ0n) is 22.2. The Bertz CT molecular complexity index is 2330. The average Bonchev–Trinajstić information content (AvgIpc) is 3.66. The minimum atomic E-state index is -0.809. The Morgan fingerprint density at radius 3 is 2.29 bits per heavy atom. The first-order valence-electron chi connectivity index (χ1n) is 14.0. The molecule has 0 saturated carbocycles. The van der Waals surface area contributed by atoms with Crippen LogP contribution in [0.3, 0.4) is 0 Å². The first-order valence-corrected chi connectivity index (χ1v) is 14.0. The van der Waals surface area contributed by atoms with Gasteiger partial charge >= 0.3 is 0 Å². The largest absolute Gasteiger partial charge is 0.458 e. The maximum atomic E-state index is 6.83. The van der Waals surface area contributed by atoms with E-state index in [9.17, 15) is 0 Å². The molecule has 5 nitrogen and oxygen atoms in total. The summed E-state index contributed by atoms with van der Waals surface area (Å²) in [7, 11) is 0. The monoisotopic (exact) mass is 540 g/mol. The van der Waals surface area contributed by atoms with E-state index in [0.29, 0.717) is 17.3 Å². The highest BCUT2D eigenvalue weighted by Crippen LogP contribution is 2.65. The minimum Gasteiger partial charge on any atom is -0.458 e. The summed E-state index contributed by atoms with van der Waals surface area (Å²) < 4.78 is 20.3. The van der Waals surface area contributed by atoms with E-state index in [4.69, 9.17) is 18.9 Å². The lowest BCUT2D eigenvalue weighted by Crippen LogP contribution is -2.31. The van der Waals surface area contributed by atoms with E-state index in [0.717, 1.165) is 72.6 Å². The van der Waals surface area contributed by atoms with Crippen LogP contribution in [0.4, 0.5) is 0 Å². The number of aromatic nitrogens is 2. The van der Waals surface area contributed by atoms with Crippen molar-refractivity contribution in [2.24, 2.45) is 0 Å². The number of rotatable bonds is 1. The third kappa shape index (κ3) is 2.63. The second-order valence-electron chi connectivity index (χ2n) is 10.9. The molecular weight excluding hydrogens is 520 g/mol. The zero-order valence-corrected chi connectivity index (χ0v) is 22.2. The van der Waals surface area contributed by atoms with Crippen molar-refractivity contribution >= 4 is 27.8 Å². The molecule has 196 valence electrons. The predicted octanol–water partition coefficient (Wildman–Crippen LogP) is 8.51. The quantitative estimate of drug-likeness (QED) is 0.209. The third-order valence-electron chi connectivity index (χ3n) is 8.77. The highest BCUT2D eigenvalue weighted by atomic mass is 16.6. The summed E-state index contributed by atoms with van der Waals surface area (Å²) in [5.74, 6) is 3.66. The molecule has 42 heavy (non-hydrogen) atoms. The lowest BCUT2D eigenvalue weighted by Gasteiger charge is -2.31. The van der Waals surface area contributed by atoms with Crippen molar-refractivity contribution < 1.29 is 13.9 Å². The van der Waals surface area contributed by atoms with E-state index in [1.165, 1.54) is 0 Å². The standard InChI is InChI=1S/C37H20N2O3/c1-3-11-25-22(9-1)24-19-21(29-20-38-27-12-4-5-13-28(27)39-29)17-18-26(24)37(25)35-33(23-10-2-6-14-30(23)41-35)34-36(37)42-32-16-8-7-15-31(32)40-34/h1-20H. The summed E-state index contributed by atoms with van der Waals surface area (Å²) in [5, 5.41) is 1.01. The number of ether oxygens (including phenoxy) is 2. The third-order valence-corrected chi connectivity index (χ3v) is 8.77. The van der Waals surface area contributed by atoms with Crippen molar-refractivity contribution in [3.8, 4) is 33.9 Å². The Balaban J connectivity index is 1.28. The van der Waals surface area contributed by atoms with Crippen molar-refractivity contribution in [2.75, 3.05) is 0 Å². The van der Waals surface area contributed by atoms with Crippen LogP contribution in [0, 0.1) is 0 Å². The molecule has 2 aliphatic carbocycles. The maximum absolute atomic E-state index is 6.83. The number of furan rings is 1. The molecule has 3 aliphatic rings. The minimum absolute atomic E-state index is 0.694. The van der Waals surface area contributed by atoms with Gasteiger partial charge in [0.05, 0.1) is 28.5 Å². The van der Waals surface area contributed by atoms with Crippen LogP contribution in [0.1, 0.15) is 22.5 Å². The number of para-hydroxylation sites is 5. The first kappa shape index (κ1) is 22.1. The molecule has 0 fully saturated rings. The molecule has 3 heterocycles. The number of hydrogen-bond donors (Lipinski definition) is 0. The van der Waals surface area contributed by atoms with Crippen LogP contribution in [0.25, 0.3) is 50.1 Å². The number of fused-ring (bicyclic) bond motifs is 13. The van der Waals surface area contributed by atoms with Crippen molar-refractivity contribution in [3.63, 3.8) is 0 Å². The predicted molar refractivity (Wildman–Crippen MR) is 161 cm³/mol. The van der Waals surface area contributed by atoms with Crippen LogP contribution >= 0.6 is 0 Å². The second kappa shape index (κ2) is 7.74. The van der Waals surface area contributed by atoms with Gasteiger partial charge in [-0.05, 0) is 58.7 Å². The summed E-state index contributed by atoms with van der Waals surface area (Å²) in [6.45, 7) is 0. The summed E-state index contributed by atoms with van der Waals surface area (Å²) in [4.78, 5) is 9.61. The van der Waals surface area contributed by atoms with Gasteiger partial charge in [0.25, 0.3) is 0 Å². The lowest BCUT2D eigenvalue weighted by molar-refractivity contribution is 0.306. The Kier molecular flexibility index (Phi) is 4.06. The molecule has 5 heteroatoms. The van der Waals surface area contributed by atoms with Crippen LogP contribution in [-0.4, -0.2) is 9.97 Å². The second-order valence-corrected chi connectivity index (χ2v) is 10.9. The van der Waals surface area contributed by atoms with Gasteiger partial charge in [0, 0.05) is 10.9 Å². The fourth-order valence-corrected chi connectivity index (χ4v) is 7.01. The van der Waals surface area contributed by atoms with Gasteiger partial charge in [0.2, 0.25) is 0 Å². The molecule has 10 rings (SSSR count). The van der Waals surface area contributed by atoms with E-state index in [1.54, 1.807) is 0 Å². The SMILES string of the molecule is c1ccc2c(c1)OC1=C(O2)C2(c3ccccc3-c3cc(-c4cnc5ccccc5n4)ccc32)c2oc3ccccc3c21. The fraction of sp³-hybridized carbons (Fsp3) is 0.0270. The number of nitrogens with zero attached hydrogens (tertiary/aromatic N) is 2. The van der Waals surface area contributed by atoms with Gasteiger partial charge in [-0.3, -0.25) is 4.98 Å². The summed E-state index contributed by atoms with van der Waals surface area (Å²) >= 11 is 0. The van der Waals surface area contributed by atoms with Gasteiger partial charge in [0.15, 0.2) is 23.0 Å². The van der Waals surface area contributed by atoms with Crippen molar-refractivity contribution in [3.05, 3.63) is 150 Å². The van der Waals surface area contributed by atoms with Gasteiger partial charge in [-0.1, -0.05) is 78.9 Å². The highest BCUT2D eigenvalue weighted by molar-refractivity contribution is 6.01. The van der Waals surface area contributed by atoms with Gasteiger partial charge in [-0.2, -0.15) is 0 Å². The smallest absolute Gasteiger partial charge is 0.179 e. The maximum Gasteiger partial charge on any atom is 0.179 e. The number of allylic oxidation sites excluding steroid dienone is 1. The molecule has 1 unspecified atom stereocenters. The molecule has 0 saturated heterocycles. The Morgan fingerprint density at radius 2 is 1.36 bits per heavy atom. The molecule has 0 N–H and O–H groups in total. The van der Waals surface area contributed by atoms with E-state index in [2.05, 4.69) is 53.5 Å². The van der Waals surface area contributed by atoms with Gasteiger partial charge in [0.1, 0.15) is 16.8 Å². The fourth-order valence-electron chi connectivity index (χ4n) is 7.01. The normalized spacial score (nSPS) is 17.4. The molecule has 0 radical (unpaired) electrons. The average molecular weight is 541 g/mol. The topological polar surface area (TPSA) is 57.4 Å². The summed E-state index contributed by atoms with van der Waals surface area (Å²) in [6, 6.07) is 39.0. The van der Waals surface area contributed by atoms with E-state index >= 15 is 0 Å². The Labute approximate surface area is 240 Å². The molecular formula is C37H20N2O3. The van der Waals surface area contributed by atoms with Crippen LogP contribution in [0.2, 0.25) is 0 Å². The first-order chi connectivity index (χ1) is 20.8. The van der Waals surface area contributed by atoms with Crippen LogP contribution in [-0.2, 0) is 5.41 Å². The molecule has 2 aromatic heterocycles. The summed E-state index contributed by atoms with van der Waals surface area (Å²) in [5.41, 5.74) is 8.99. The Morgan fingerprint density at radius 1 is 0.619 bits per heavy atom. The molecule has 1 atom stereocenters. The van der Waals surface area contributed by atoms with E-state index in [-0.39, 0.29) is 0 Å². The summed E-state index contributed by atoms with van der Waals surface area (Å²) in [6.07, 6.45) is 1.85. The van der Waals surface area contributed by atoms with Crippen molar-refractivity contribution in [1.29, 1.82) is 0 Å². The van der Waals surface area contributed by atoms with Crippen molar-refractivity contribution in [2.45, 2.75) is 5.41 Å². The molecule has 1 spiro atoms. The zero-order chi connectivity index (χ0) is 27.4. The molecule has 7 aromatic rings. The van der Waals surface area contributed by atoms with Crippen molar-refractivity contribution in [1.82, 2.24) is 9.97 Å².